The van der Waals surface area contributed by atoms with Gasteiger partial charge in [-0.25, -0.2) is 0 Å². The molecule has 0 aliphatic carbocycles. The van der Waals surface area contributed by atoms with E-state index >= 15 is 0 Å². The number of morpholine rings is 1. The lowest BCUT2D eigenvalue weighted by molar-refractivity contribution is 0.0676. The molecule has 3 heteroatoms. The average molecular weight is 288 g/mol. The Kier molecular flexibility index (Phi) is 5.67. The summed E-state index contributed by atoms with van der Waals surface area (Å²) in [7, 11) is 0. The minimum atomic E-state index is 0.570. The molecule has 3 nitrogen and oxygen atoms in total. The molecule has 0 saturated carbocycles. The Morgan fingerprint density at radius 1 is 1.14 bits per heavy atom. The van der Waals surface area contributed by atoms with E-state index < -0.39 is 0 Å². The minimum absolute atomic E-state index is 0.570. The average Bonchev–Trinajstić information content (AvgIpc) is 2.56. The van der Waals surface area contributed by atoms with Crippen LogP contribution in [0.4, 0.5) is 0 Å². The molecule has 2 fully saturated rings. The molecule has 0 amide bonds. The van der Waals surface area contributed by atoms with Gasteiger partial charge < -0.3 is 15.0 Å². The van der Waals surface area contributed by atoms with E-state index in [-0.39, 0.29) is 0 Å². The van der Waals surface area contributed by atoms with Crippen LogP contribution in [0.1, 0.15) is 24.8 Å². The van der Waals surface area contributed by atoms with Crippen molar-refractivity contribution in [1.82, 2.24) is 10.2 Å². The third kappa shape index (κ3) is 4.80. The fraction of sp³-hybridized carbons (Fsp3) is 0.667. The number of ether oxygens (including phenoxy) is 1. The van der Waals surface area contributed by atoms with Gasteiger partial charge in [-0.1, -0.05) is 30.3 Å². The number of likely N-dealkylation sites (tertiary alicyclic amines) is 1. The minimum Gasteiger partial charge on any atom is -0.379 e. The molecule has 3 rings (SSSR count). The van der Waals surface area contributed by atoms with Crippen LogP contribution in [0.15, 0.2) is 30.3 Å². The molecule has 1 N–H and O–H groups in total. The summed E-state index contributed by atoms with van der Waals surface area (Å²) in [5.41, 5.74) is 1.50. The number of benzene rings is 1. The van der Waals surface area contributed by atoms with Crippen LogP contribution in [0.5, 0.6) is 0 Å². The predicted octanol–water partition coefficient (Wildman–Crippen LogP) is 2.32. The monoisotopic (exact) mass is 288 g/mol. The standard InChI is InChI=1S/C18H28N2O/c1-2-4-16(5-3-1)14-17-6-10-20(11-7-17)12-8-18-15-21-13-9-19-18/h1-5,17-19H,6-15H2. The summed E-state index contributed by atoms with van der Waals surface area (Å²) in [6, 6.07) is 11.5. The van der Waals surface area contributed by atoms with Gasteiger partial charge in [-0.3, -0.25) is 0 Å². The summed E-state index contributed by atoms with van der Waals surface area (Å²) >= 11 is 0. The van der Waals surface area contributed by atoms with Gasteiger partial charge in [-0.2, -0.15) is 0 Å². The van der Waals surface area contributed by atoms with Crippen LogP contribution in [0.25, 0.3) is 0 Å². The lowest BCUT2D eigenvalue weighted by Gasteiger charge is -2.33. The maximum Gasteiger partial charge on any atom is 0.0620 e. The lowest BCUT2D eigenvalue weighted by atomic mass is 9.90. The first kappa shape index (κ1) is 15.0. The van der Waals surface area contributed by atoms with Crippen LogP contribution < -0.4 is 5.32 Å². The Hall–Kier alpha value is -0.900. The molecule has 2 aliphatic heterocycles. The van der Waals surface area contributed by atoms with E-state index in [0.29, 0.717) is 6.04 Å². The van der Waals surface area contributed by atoms with Crippen molar-refractivity contribution in [3.8, 4) is 0 Å². The molecule has 0 aromatic heterocycles. The van der Waals surface area contributed by atoms with E-state index in [1.807, 2.05) is 0 Å². The second kappa shape index (κ2) is 7.92. The van der Waals surface area contributed by atoms with E-state index in [9.17, 15) is 0 Å². The zero-order chi connectivity index (χ0) is 14.3. The van der Waals surface area contributed by atoms with Crippen molar-refractivity contribution >= 4 is 0 Å². The van der Waals surface area contributed by atoms with E-state index in [4.69, 9.17) is 4.74 Å². The Bertz CT molecular complexity index is 395. The number of hydrogen-bond acceptors (Lipinski definition) is 3. The number of rotatable bonds is 5. The molecule has 1 aromatic carbocycles. The first-order valence-electron chi connectivity index (χ1n) is 8.47. The summed E-state index contributed by atoms with van der Waals surface area (Å²) in [5.74, 6) is 0.875. The number of hydrogen-bond donors (Lipinski definition) is 1. The molecule has 2 saturated heterocycles. The van der Waals surface area contributed by atoms with Crippen molar-refractivity contribution < 1.29 is 4.74 Å². The maximum atomic E-state index is 5.52. The summed E-state index contributed by atoms with van der Waals surface area (Å²) in [5, 5.41) is 3.55. The molecule has 1 unspecified atom stereocenters. The molecule has 116 valence electrons. The van der Waals surface area contributed by atoms with Gasteiger partial charge in [-0.15, -0.1) is 0 Å². The second-order valence-electron chi connectivity index (χ2n) is 6.49. The topological polar surface area (TPSA) is 24.5 Å². The second-order valence-corrected chi connectivity index (χ2v) is 6.49. The van der Waals surface area contributed by atoms with Crippen molar-refractivity contribution in [2.24, 2.45) is 5.92 Å². The molecule has 2 heterocycles. The fourth-order valence-corrected chi connectivity index (χ4v) is 3.51. The van der Waals surface area contributed by atoms with Crippen molar-refractivity contribution in [3.05, 3.63) is 35.9 Å². The van der Waals surface area contributed by atoms with Crippen LogP contribution in [-0.4, -0.2) is 50.3 Å². The van der Waals surface area contributed by atoms with Crippen molar-refractivity contribution in [2.75, 3.05) is 39.4 Å². The maximum absolute atomic E-state index is 5.52. The summed E-state index contributed by atoms with van der Waals surface area (Å²) in [4.78, 5) is 2.64. The zero-order valence-electron chi connectivity index (χ0n) is 13.0. The highest BCUT2D eigenvalue weighted by Gasteiger charge is 2.20. The van der Waals surface area contributed by atoms with E-state index in [1.54, 1.807) is 0 Å². The predicted molar refractivity (Wildman–Crippen MR) is 86.5 cm³/mol. The smallest absolute Gasteiger partial charge is 0.0620 e. The summed E-state index contributed by atoms with van der Waals surface area (Å²) in [6.07, 6.45) is 5.18. The van der Waals surface area contributed by atoms with Crippen LogP contribution in [0.3, 0.4) is 0 Å². The summed E-state index contributed by atoms with van der Waals surface area (Å²) in [6.45, 7) is 6.55. The van der Waals surface area contributed by atoms with Gasteiger partial charge in [0.1, 0.15) is 0 Å². The van der Waals surface area contributed by atoms with Gasteiger partial charge in [0.05, 0.1) is 13.2 Å². The first-order valence-corrected chi connectivity index (χ1v) is 8.47. The van der Waals surface area contributed by atoms with Crippen LogP contribution in [0.2, 0.25) is 0 Å². The highest BCUT2D eigenvalue weighted by atomic mass is 16.5. The molecule has 1 atom stereocenters. The SMILES string of the molecule is c1ccc(CC2CCN(CCC3COCCN3)CC2)cc1. The molecular weight excluding hydrogens is 260 g/mol. The highest BCUT2D eigenvalue weighted by Crippen LogP contribution is 2.21. The Morgan fingerprint density at radius 3 is 2.67 bits per heavy atom. The van der Waals surface area contributed by atoms with E-state index in [1.165, 1.54) is 50.9 Å². The van der Waals surface area contributed by atoms with Gasteiger partial charge in [0.2, 0.25) is 0 Å². The molecular formula is C18H28N2O. The number of nitrogens with zero attached hydrogens (tertiary/aromatic N) is 1. The molecule has 1 aromatic rings. The largest absolute Gasteiger partial charge is 0.379 e. The van der Waals surface area contributed by atoms with Gasteiger partial charge in [-0.05, 0) is 56.8 Å². The van der Waals surface area contributed by atoms with Gasteiger partial charge in [0.25, 0.3) is 0 Å². The number of piperidine rings is 1. The normalized spacial score (nSPS) is 25.0. The molecule has 0 radical (unpaired) electrons. The molecule has 0 bridgehead atoms. The zero-order valence-corrected chi connectivity index (χ0v) is 13.0. The Morgan fingerprint density at radius 2 is 1.95 bits per heavy atom. The van der Waals surface area contributed by atoms with Crippen molar-refractivity contribution in [2.45, 2.75) is 31.7 Å². The quantitative estimate of drug-likeness (QED) is 0.900. The van der Waals surface area contributed by atoms with Crippen LogP contribution in [0, 0.1) is 5.92 Å². The first-order chi connectivity index (χ1) is 10.4. The fourth-order valence-electron chi connectivity index (χ4n) is 3.51. The number of nitrogens with one attached hydrogen (secondary N) is 1. The summed E-state index contributed by atoms with van der Waals surface area (Å²) < 4.78 is 5.52. The van der Waals surface area contributed by atoms with Crippen molar-refractivity contribution in [3.63, 3.8) is 0 Å². The lowest BCUT2D eigenvalue weighted by Crippen LogP contribution is -2.44. The van der Waals surface area contributed by atoms with Gasteiger partial charge in [0.15, 0.2) is 0 Å². The third-order valence-corrected chi connectivity index (χ3v) is 4.87. The Labute approximate surface area is 128 Å². The third-order valence-electron chi connectivity index (χ3n) is 4.87. The highest BCUT2D eigenvalue weighted by molar-refractivity contribution is 5.15. The van der Waals surface area contributed by atoms with E-state index in [2.05, 4.69) is 40.5 Å². The molecule has 21 heavy (non-hydrogen) atoms. The van der Waals surface area contributed by atoms with Gasteiger partial charge in [0, 0.05) is 12.6 Å². The Balaban J connectivity index is 1.35. The van der Waals surface area contributed by atoms with Crippen LogP contribution in [-0.2, 0) is 11.2 Å². The van der Waals surface area contributed by atoms with Gasteiger partial charge >= 0.3 is 0 Å². The van der Waals surface area contributed by atoms with Crippen molar-refractivity contribution in [1.29, 1.82) is 0 Å². The van der Waals surface area contributed by atoms with Crippen LogP contribution >= 0.6 is 0 Å². The molecule has 0 spiro atoms. The van der Waals surface area contributed by atoms with E-state index in [0.717, 1.165) is 25.7 Å². The molecule has 2 aliphatic rings.